The highest BCUT2D eigenvalue weighted by Gasteiger charge is 2.25. The fourth-order valence-corrected chi connectivity index (χ4v) is 7.68. The number of carbonyl (C=O) groups excluding carboxylic acids is 1. The highest BCUT2D eigenvalue weighted by Crippen LogP contribution is 2.38. The van der Waals surface area contributed by atoms with Crippen LogP contribution in [0.4, 0.5) is 11.4 Å². The first-order valence-corrected chi connectivity index (χ1v) is 21.6. The summed E-state index contributed by atoms with van der Waals surface area (Å²) in [6.45, 7) is 23.2. The van der Waals surface area contributed by atoms with E-state index in [2.05, 4.69) is 37.4 Å². The number of rotatable bonds is 14. The van der Waals surface area contributed by atoms with Crippen molar-refractivity contribution in [2.24, 2.45) is 0 Å². The van der Waals surface area contributed by atoms with Gasteiger partial charge in [0, 0.05) is 22.0 Å². The van der Waals surface area contributed by atoms with Gasteiger partial charge < -0.3 is 18.9 Å². The zero-order valence-corrected chi connectivity index (χ0v) is 37.7. The van der Waals surface area contributed by atoms with E-state index in [1.165, 1.54) is 0 Å². The summed E-state index contributed by atoms with van der Waals surface area (Å²) in [6, 6.07) is 59.4. The van der Waals surface area contributed by atoms with Gasteiger partial charge in [-0.3, -0.25) is 9.64 Å². The summed E-state index contributed by atoms with van der Waals surface area (Å²) in [7, 11) is 0. The molecule has 0 heterocycles. The normalized spacial score (nSPS) is 10.9. The van der Waals surface area contributed by atoms with Gasteiger partial charge >= 0.3 is 0 Å². The van der Waals surface area contributed by atoms with Crippen molar-refractivity contribution in [2.45, 2.75) is 38.5 Å². The van der Waals surface area contributed by atoms with Crippen LogP contribution in [-0.2, 0) is 10.8 Å². The van der Waals surface area contributed by atoms with Crippen molar-refractivity contribution >= 4 is 17.2 Å². The minimum absolute atomic E-state index is 0.118. The number of nitriles is 2. The van der Waals surface area contributed by atoms with Crippen LogP contribution < -0.4 is 18.9 Å². The van der Waals surface area contributed by atoms with Crippen LogP contribution in [0, 0.1) is 35.8 Å². The van der Waals surface area contributed by atoms with Gasteiger partial charge in [0.25, 0.3) is 0 Å². The van der Waals surface area contributed by atoms with E-state index in [1.807, 2.05) is 109 Å². The minimum Gasteiger partial charge on any atom is -0.459 e. The van der Waals surface area contributed by atoms with Crippen molar-refractivity contribution in [3.63, 3.8) is 0 Å². The first kappa shape index (κ1) is 45.2. The molecule has 0 atom stereocenters. The predicted octanol–water partition coefficient (Wildman–Crippen LogP) is 15.6. The van der Waals surface area contributed by atoms with Crippen molar-refractivity contribution in [1.82, 2.24) is 0 Å². The van der Waals surface area contributed by atoms with E-state index in [0.717, 1.165) is 22.3 Å². The molecule has 0 aromatic heterocycles. The molecule has 0 unspecified atom stereocenters. The van der Waals surface area contributed by atoms with Gasteiger partial charge in [-0.2, -0.15) is 10.5 Å². The molecule has 0 aliphatic heterocycles. The second kappa shape index (κ2) is 19.4. The lowest BCUT2D eigenvalue weighted by Gasteiger charge is -2.26. The summed E-state index contributed by atoms with van der Waals surface area (Å²) >= 11 is 0. The molecule has 0 amide bonds. The molecule has 0 bridgehead atoms. The lowest BCUT2D eigenvalue weighted by Crippen LogP contribution is -2.18. The Kier molecular flexibility index (Phi) is 12.9. The van der Waals surface area contributed by atoms with Crippen LogP contribution in [0.2, 0.25) is 0 Å². The van der Waals surface area contributed by atoms with Crippen molar-refractivity contribution in [3.8, 4) is 58.1 Å². The Bertz CT molecular complexity index is 3070. The Morgan fingerprint density at radius 3 is 1.03 bits per heavy atom. The van der Waals surface area contributed by atoms with E-state index >= 15 is 0 Å². The summed E-state index contributed by atoms with van der Waals surface area (Å²) < 4.78 is 24.2. The SMILES string of the molecule is [C-]#[N+]c1ccc(Oc2ccc(C(C)(C)c3ccc(Oc4ccc(C(=O)c5ccc(Oc6ccc(C(C)(C)c7ccc(Oc8ccc(C#N)c(C#N)c8)cc7)cc6)cc5)cc4)cc3)cc2)cc1[N+]#[C-]. The maximum absolute atomic E-state index is 13.4. The fraction of sp³-hybridized carbons (Fsp3) is 0.102. The zero-order valence-electron chi connectivity index (χ0n) is 37.7. The predicted molar refractivity (Wildman–Crippen MR) is 261 cm³/mol. The van der Waals surface area contributed by atoms with Gasteiger partial charge in [-0.1, -0.05) is 82.3 Å². The molecule has 8 aromatic carbocycles. The molecule has 0 aliphatic rings. The van der Waals surface area contributed by atoms with Gasteiger partial charge in [-0.25, -0.2) is 4.85 Å². The smallest absolute Gasteiger partial charge is 0.198 e. The molecule has 0 spiro atoms. The number of hydrogen-bond donors (Lipinski definition) is 0. The van der Waals surface area contributed by atoms with Gasteiger partial charge in [0.1, 0.15) is 58.1 Å². The van der Waals surface area contributed by atoms with Crippen LogP contribution in [0.25, 0.3) is 9.69 Å². The molecule has 0 N–H and O–H groups in total. The Morgan fingerprint density at radius 1 is 0.397 bits per heavy atom. The van der Waals surface area contributed by atoms with E-state index < -0.39 is 0 Å². The molecule has 68 heavy (non-hydrogen) atoms. The van der Waals surface area contributed by atoms with Crippen LogP contribution in [-0.4, -0.2) is 5.78 Å². The topological polar surface area (TPSA) is 110 Å². The van der Waals surface area contributed by atoms with Crippen LogP contribution in [0.3, 0.4) is 0 Å². The zero-order chi connectivity index (χ0) is 47.8. The van der Waals surface area contributed by atoms with Gasteiger partial charge in [0.15, 0.2) is 17.2 Å². The maximum atomic E-state index is 13.4. The summed E-state index contributed by atoms with van der Waals surface area (Å²) in [5.74, 6) is 4.66. The average molecular weight is 887 g/mol. The van der Waals surface area contributed by atoms with Crippen LogP contribution >= 0.6 is 0 Å². The first-order chi connectivity index (χ1) is 32.9. The quantitative estimate of drug-likeness (QED) is 0.0790. The van der Waals surface area contributed by atoms with Crippen LogP contribution in [0.15, 0.2) is 182 Å². The van der Waals surface area contributed by atoms with Crippen LogP contribution in [0.1, 0.15) is 77.0 Å². The monoisotopic (exact) mass is 886 g/mol. The number of ketones is 1. The average Bonchev–Trinajstić information content (AvgIpc) is 3.37. The molecular formula is C59H42N4O5. The highest BCUT2D eigenvalue weighted by atomic mass is 16.5. The number of carbonyl (C=O) groups is 1. The third-order valence-corrected chi connectivity index (χ3v) is 11.9. The van der Waals surface area contributed by atoms with E-state index in [4.69, 9.17) is 32.1 Å². The highest BCUT2D eigenvalue weighted by molar-refractivity contribution is 6.09. The third kappa shape index (κ3) is 9.95. The molecular weight excluding hydrogens is 845 g/mol. The Morgan fingerprint density at radius 2 is 0.691 bits per heavy atom. The molecule has 0 saturated heterocycles. The Labute approximate surface area is 395 Å². The molecule has 0 saturated carbocycles. The molecule has 8 aromatic rings. The second-order valence-electron chi connectivity index (χ2n) is 16.9. The number of nitrogens with zero attached hydrogens (tertiary/aromatic N) is 4. The van der Waals surface area contributed by atoms with Gasteiger partial charge in [-0.15, -0.1) is 0 Å². The van der Waals surface area contributed by atoms with Crippen molar-refractivity contribution < 1.29 is 23.7 Å². The van der Waals surface area contributed by atoms with E-state index in [-0.39, 0.29) is 27.9 Å². The fourth-order valence-electron chi connectivity index (χ4n) is 7.68. The van der Waals surface area contributed by atoms with Crippen molar-refractivity contribution in [3.05, 3.63) is 249 Å². The molecule has 9 nitrogen and oxygen atoms in total. The summed E-state index contributed by atoms with van der Waals surface area (Å²) in [5.41, 5.74) is 5.91. The molecule has 9 heteroatoms. The van der Waals surface area contributed by atoms with Gasteiger partial charge in [-0.05, 0) is 150 Å². The molecule has 328 valence electrons. The van der Waals surface area contributed by atoms with Gasteiger partial charge in [0.2, 0.25) is 0 Å². The molecule has 0 aliphatic carbocycles. The summed E-state index contributed by atoms with van der Waals surface area (Å²) in [4.78, 5) is 20.3. The van der Waals surface area contributed by atoms with Crippen molar-refractivity contribution in [1.29, 1.82) is 10.5 Å². The Hall–Kier alpha value is -9.41. The Balaban J connectivity index is 0.831. The molecule has 0 radical (unpaired) electrons. The lowest BCUT2D eigenvalue weighted by molar-refractivity contribution is 0.103. The molecule has 8 rings (SSSR count). The summed E-state index contributed by atoms with van der Waals surface area (Å²) in [6.07, 6.45) is 0. The number of benzene rings is 8. The van der Waals surface area contributed by atoms with E-state index in [9.17, 15) is 15.3 Å². The maximum Gasteiger partial charge on any atom is 0.198 e. The second-order valence-corrected chi connectivity index (χ2v) is 16.9. The third-order valence-electron chi connectivity index (χ3n) is 11.9. The standard InChI is InChI=1S/C59H42N4O5/c1-58(2,45-16-29-51(30-17-45)67-53-24-11-41(37-60)42(35-53)38-61)43-12-25-49(26-13-43)65-47-20-7-39(8-21-47)57(64)40-9-22-48(23-10-40)66-50-27-14-44(15-28-50)59(3,4)46-18-31-52(32-19-46)68-54-33-34-55(62-5)56(36-54)63-6/h7-36H,1-4H3. The number of ether oxygens (including phenoxy) is 4. The van der Waals surface area contributed by atoms with E-state index in [0.29, 0.717) is 68.4 Å². The number of hydrogen-bond acceptors (Lipinski definition) is 7. The van der Waals surface area contributed by atoms with Gasteiger partial charge in [0.05, 0.1) is 24.3 Å². The van der Waals surface area contributed by atoms with Crippen LogP contribution in [0.5, 0.6) is 46.0 Å². The van der Waals surface area contributed by atoms with E-state index in [1.54, 1.807) is 84.9 Å². The molecule has 0 fully saturated rings. The minimum atomic E-state index is -0.326. The lowest BCUT2D eigenvalue weighted by atomic mass is 9.78. The largest absolute Gasteiger partial charge is 0.459 e. The van der Waals surface area contributed by atoms with Crippen molar-refractivity contribution in [2.75, 3.05) is 0 Å². The first-order valence-electron chi connectivity index (χ1n) is 21.6. The summed E-state index contributed by atoms with van der Waals surface area (Å²) in [5, 5.41) is 18.5.